The lowest BCUT2D eigenvalue weighted by Gasteiger charge is -2.52. The summed E-state index contributed by atoms with van der Waals surface area (Å²) in [6.45, 7) is 2.60. The Morgan fingerprint density at radius 3 is 3.12 bits per heavy atom. The number of carbonyl (C=O) groups excluding carboxylic acids is 2. The van der Waals surface area contributed by atoms with Gasteiger partial charge in [-0.15, -0.1) is 0 Å². The first-order chi connectivity index (χ1) is 7.80. The lowest BCUT2D eigenvalue weighted by atomic mass is 9.74. The van der Waals surface area contributed by atoms with E-state index in [1.807, 2.05) is 12.2 Å². The molecule has 0 amide bonds. The van der Waals surface area contributed by atoms with Gasteiger partial charge in [0.25, 0.3) is 0 Å². The molecule has 1 saturated heterocycles. The zero-order chi connectivity index (χ0) is 11.2. The molecule has 0 aromatic heterocycles. The quantitative estimate of drug-likeness (QED) is 0.645. The summed E-state index contributed by atoms with van der Waals surface area (Å²) in [5, 5.41) is 3.31. The Morgan fingerprint density at radius 2 is 2.38 bits per heavy atom. The van der Waals surface area contributed by atoms with E-state index in [1.165, 1.54) is 0 Å². The Bertz CT molecular complexity index is 413. The first-order valence-electron chi connectivity index (χ1n) is 5.62. The average molecular weight is 218 g/mol. The van der Waals surface area contributed by atoms with Crippen molar-refractivity contribution in [1.29, 1.82) is 0 Å². The van der Waals surface area contributed by atoms with Gasteiger partial charge in [-0.25, -0.2) is 0 Å². The average Bonchev–Trinajstić information content (AvgIpc) is 2.39. The molecule has 2 atom stereocenters. The molecule has 1 fully saturated rings. The first-order valence-corrected chi connectivity index (χ1v) is 5.62. The van der Waals surface area contributed by atoms with Gasteiger partial charge in [-0.3, -0.25) is 9.69 Å². The van der Waals surface area contributed by atoms with Crippen LogP contribution >= 0.6 is 0 Å². The molecule has 4 nitrogen and oxygen atoms in total. The van der Waals surface area contributed by atoms with Gasteiger partial charge in [0.1, 0.15) is 18.1 Å². The molecule has 0 radical (unpaired) electrons. The van der Waals surface area contributed by atoms with Crippen molar-refractivity contribution >= 4 is 12.6 Å². The molecule has 0 saturated carbocycles. The zero-order valence-electron chi connectivity index (χ0n) is 8.98. The molecular formula is C12H14N2O2. The van der Waals surface area contributed by atoms with E-state index in [0.29, 0.717) is 6.42 Å². The predicted octanol–water partition coefficient (Wildman–Crippen LogP) is -0.333. The number of piperazine rings is 1. The van der Waals surface area contributed by atoms with Gasteiger partial charge in [0, 0.05) is 32.1 Å². The van der Waals surface area contributed by atoms with Crippen LogP contribution in [0.2, 0.25) is 0 Å². The van der Waals surface area contributed by atoms with Crippen LogP contribution in [0.4, 0.5) is 0 Å². The molecule has 0 aromatic carbocycles. The predicted molar refractivity (Wildman–Crippen MR) is 59.0 cm³/mol. The first kappa shape index (κ1) is 9.93. The molecule has 2 unspecified atom stereocenters. The molecule has 3 aliphatic heterocycles. The zero-order valence-corrected chi connectivity index (χ0v) is 8.98. The number of hydrogen-bond donors (Lipinski definition) is 1. The van der Waals surface area contributed by atoms with Gasteiger partial charge in [0.2, 0.25) is 0 Å². The fourth-order valence-electron chi connectivity index (χ4n) is 3.07. The summed E-state index contributed by atoms with van der Waals surface area (Å²) in [6.07, 6.45) is 6.34. The number of nitrogens with zero attached hydrogens (tertiary/aromatic N) is 1. The van der Waals surface area contributed by atoms with E-state index >= 15 is 0 Å². The fraction of sp³-hybridized carbons (Fsp3) is 0.500. The van der Waals surface area contributed by atoms with E-state index in [2.05, 4.69) is 10.2 Å². The Balaban J connectivity index is 2.12. The molecule has 0 aromatic rings. The van der Waals surface area contributed by atoms with Gasteiger partial charge in [-0.05, 0) is 11.1 Å². The van der Waals surface area contributed by atoms with Crippen LogP contribution in [0.25, 0.3) is 0 Å². The molecule has 0 spiro atoms. The normalized spacial score (nSPS) is 37.4. The van der Waals surface area contributed by atoms with Gasteiger partial charge in [0.05, 0.1) is 0 Å². The molecule has 1 N–H and O–H groups in total. The Labute approximate surface area is 94.0 Å². The van der Waals surface area contributed by atoms with Crippen molar-refractivity contribution in [3.63, 3.8) is 0 Å². The van der Waals surface area contributed by atoms with E-state index in [0.717, 1.165) is 43.4 Å². The summed E-state index contributed by atoms with van der Waals surface area (Å²) < 4.78 is 0. The minimum absolute atomic E-state index is 0.192. The summed E-state index contributed by atoms with van der Waals surface area (Å²) in [7, 11) is 0. The van der Waals surface area contributed by atoms with Gasteiger partial charge in [-0.2, -0.15) is 0 Å². The maximum absolute atomic E-state index is 11.4. The van der Waals surface area contributed by atoms with Crippen molar-refractivity contribution < 1.29 is 9.59 Å². The summed E-state index contributed by atoms with van der Waals surface area (Å²) in [4.78, 5) is 24.7. The highest BCUT2D eigenvalue weighted by Gasteiger charge is 2.48. The van der Waals surface area contributed by atoms with Gasteiger partial charge < -0.3 is 10.1 Å². The number of fused-ring (bicyclic) bond motifs is 1. The van der Waals surface area contributed by atoms with Crippen molar-refractivity contribution in [3.05, 3.63) is 23.3 Å². The molecule has 4 heteroatoms. The van der Waals surface area contributed by atoms with Crippen molar-refractivity contribution in [3.8, 4) is 0 Å². The number of aldehydes is 2. The lowest BCUT2D eigenvalue weighted by Crippen LogP contribution is -2.66. The molecular weight excluding hydrogens is 204 g/mol. The number of carbonyl (C=O) groups is 2. The van der Waals surface area contributed by atoms with Gasteiger partial charge >= 0.3 is 0 Å². The Kier molecular flexibility index (Phi) is 2.09. The molecule has 4 rings (SSSR count). The van der Waals surface area contributed by atoms with Crippen LogP contribution in [0.3, 0.4) is 0 Å². The second-order valence-electron chi connectivity index (χ2n) is 4.63. The van der Waals surface area contributed by atoms with Crippen LogP contribution < -0.4 is 5.32 Å². The fourth-order valence-corrected chi connectivity index (χ4v) is 3.07. The van der Waals surface area contributed by atoms with E-state index in [1.54, 1.807) is 0 Å². The highest BCUT2D eigenvalue weighted by atomic mass is 16.1. The third kappa shape index (κ3) is 1.11. The Hall–Kier alpha value is -1.26. The maximum atomic E-state index is 11.4. The van der Waals surface area contributed by atoms with Crippen LogP contribution in [-0.4, -0.2) is 48.7 Å². The smallest absolute Gasteiger partial charge is 0.146 e. The van der Waals surface area contributed by atoms with E-state index < -0.39 is 5.54 Å². The van der Waals surface area contributed by atoms with Crippen LogP contribution in [-0.2, 0) is 9.59 Å². The van der Waals surface area contributed by atoms with Crippen LogP contribution in [0.1, 0.15) is 6.42 Å². The summed E-state index contributed by atoms with van der Waals surface area (Å²) in [6, 6.07) is 0.192. The minimum Gasteiger partial charge on any atom is -0.314 e. The van der Waals surface area contributed by atoms with E-state index in [4.69, 9.17) is 0 Å². The highest BCUT2D eigenvalue weighted by molar-refractivity contribution is 5.83. The molecule has 2 bridgehead atoms. The van der Waals surface area contributed by atoms with Crippen molar-refractivity contribution in [2.45, 2.75) is 18.0 Å². The summed E-state index contributed by atoms with van der Waals surface area (Å²) in [5.41, 5.74) is 1.32. The maximum Gasteiger partial charge on any atom is 0.146 e. The highest BCUT2D eigenvalue weighted by Crippen LogP contribution is 2.40. The third-order valence-corrected chi connectivity index (χ3v) is 3.88. The Morgan fingerprint density at radius 1 is 1.50 bits per heavy atom. The van der Waals surface area contributed by atoms with Crippen LogP contribution in [0.15, 0.2) is 23.3 Å². The van der Waals surface area contributed by atoms with Crippen molar-refractivity contribution in [2.75, 3.05) is 19.6 Å². The monoisotopic (exact) mass is 218 g/mol. The summed E-state index contributed by atoms with van der Waals surface area (Å²) in [5.74, 6) is 0. The molecule has 84 valence electrons. The largest absolute Gasteiger partial charge is 0.314 e. The molecule has 1 aliphatic carbocycles. The van der Waals surface area contributed by atoms with Crippen molar-refractivity contribution in [1.82, 2.24) is 10.2 Å². The van der Waals surface area contributed by atoms with Crippen LogP contribution in [0, 0.1) is 0 Å². The minimum atomic E-state index is -0.565. The molecule has 4 aliphatic rings. The molecule has 3 heterocycles. The number of hydrogen-bond acceptors (Lipinski definition) is 4. The number of nitrogens with one attached hydrogen (secondary N) is 1. The number of rotatable bonds is 2. The lowest BCUT2D eigenvalue weighted by molar-refractivity contribution is -0.118. The SMILES string of the molecule is O=CC1=C2C=CC(C=O)(C1)N1CCNCC21. The van der Waals surface area contributed by atoms with Gasteiger partial charge in [-0.1, -0.05) is 12.2 Å². The van der Waals surface area contributed by atoms with Crippen LogP contribution in [0.5, 0.6) is 0 Å². The second-order valence-corrected chi connectivity index (χ2v) is 4.63. The molecule has 16 heavy (non-hydrogen) atoms. The second kappa shape index (κ2) is 3.37. The topological polar surface area (TPSA) is 49.4 Å². The van der Waals surface area contributed by atoms with E-state index in [-0.39, 0.29) is 6.04 Å². The van der Waals surface area contributed by atoms with E-state index in [9.17, 15) is 9.59 Å². The van der Waals surface area contributed by atoms with Crippen molar-refractivity contribution in [2.24, 2.45) is 0 Å². The summed E-state index contributed by atoms with van der Waals surface area (Å²) >= 11 is 0. The third-order valence-electron chi connectivity index (χ3n) is 3.88. The van der Waals surface area contributed by atoms with Gasteiger partial charge in [0.15, 0.2) is 0 Å². The standard InChI is InChI=1S/C12H14N2O2/c15-7-9-5-12(8-16)2-1-10(9)11-6-13-3-4-14(11)12/h1-2,7-8,11,13H,3-6H2.